The van der Waals surface area contributed by atoms with Crippen molar-refractivity contribution in [1.82, 2.24) is 0 Å². The second kappa shape index (κ2) is 3.62. The van der Waals surface area contributed by atoms with Gasteiger partial charge < -0.3 is 10.8 Å². The molecule has 2 aromatic carbocycles. The number of halogens is 1. The lowest BCUT2D eigenvalue weighted by molar-refractivity contribution is 0.246. The van der Waals surface area contributed by atoms with Crippen molar-refractivity contribution < 1.29 is 5.11 Å². The molecule has 1 fully saturated rings. The van der Waals surface area contributed by atoms with Crippen molar-refractivity contribution in [2.75, 3.05) is 0 Å². The van der Waals surface area contributed by atoms with Crippen LogP contribution in [0.25, 0.3) is 10.8 Å². The van der Waals surface area contributed by atoms with Gasteiger partial charge in [-0.05, 0) is 54.3 Å². The van der Waals surface area contributed by atoms with Crippen LogP contribution in [-0.4, -0.2) is 5.11 Å². The van der Waals surface area contributed by atoms with Gasteiger partial charge in [0.15, 0.2) is 0 Å². The zero-order chi connectivity index (χ0) is 12.0. The van der Waals surface area contributed by atoms with Crippen LogP contribution in [0.5, 0.6) is 5.75 Å². The fraction of sp³-hybridized carbons (Fsp3) is 0.286. The molecule has 3 rings (SSSR count). The Kier molecular flexibility index (Phi) is 2.32. The van der Waals surface area contributed by atoms with E-state index in [1.165, 1.54) is 0 Å². The second-order valence-electron chi connectivity index (χ2n) is 4.87. The summed E-state index contributed by atoms with van der Waals surface area (Å²) < 4.78 is 0. The van der Waals surface area contributed by atoms with E-state index in [1.54, 1.807) is 6.07 Å². The lowest BCUT2D eigenvalue weighted by Crippen LogP contribution is -2.43. The van der Waals surface area contributed by atoms with Crippen molar-refractivity contribution in [1.29, 1.82) is 0 Å². The predicted molar refractivity (Wildman–Crippen MR) is 70.3 cm³/mol. The van der Waals surface area contributed by atoms with E-state index >= 15 is 0 Å². The molecule has 0 aliphatic heterocycles. The summed E-state index contributed by atoms with van der Waals surface area (Å²) in [6.07, 6.45) is 3.00. The molecule has 1 saturated carbocycles. The van der Waals surface area contributed by atoms with Gasteiger partial charge in [0.2, 0.25) is 0 Å². The lowest BCUT2D eigenvalue weighted by Gasteiger charge is -2.39. The standard InChI is InChI=1S/C14H14ClNO/c15-11-3-2-9-8-13(17)12(7-10(9)6-11)14(16)4-1-5-14/h2-3,6-8,17H,1,4-5,16H2. The minimum Gasteiger partial charge on any atom is -0.508 e. The first-order valence-electron chi connectivity index (χ1n) is 5.80. The molecule has 17 heavy (non-hydrogen) atoms. The number of phenols is 1. The predicted octanol–water partition coefficient (Wildman–Crippen LogP) is 3.54. The van der Waals surface area contributed by atoms with Crippen LogP contribution < -0.4 is 5.73 Å². The fourth-order valence-corrected chi connectivity index (χ4v) is 2.66. The van der Waals surface area contributed by atoms with Crippen LogP contribution in [0.3, 0.4) is 0 Å². The Morgan fingerprint density at radius 2 is 1.88 bits per heavy atom. The molecule has 0 heterocycles. The zero-order valence-corrected chi connectivity index (χ0v) is 10.2. The molecule has 0 saturated heterocycles. The van der Waals surface area contributed by atoms with Crippen molar-refractivity contribution in [3.8, 4) is 5.75 Å². The summed E-state index contributed by atoms with van der Waals surface area (Å²) in [5.74, 6) is 0.294. The Bertz CT molecular complexity index is 590. The van der Waals surface area contributed by atoms with E-state index in [1.807, 2.05) is 24.3 Å². The van der Waals surface area contributed by atoms with Crippen molar-refractivity contribution in [2.24, 2.45) is 5.73 Å². The van der Waals surface area contributed by atoms with Gasteiger partial charge in [-0.2, -0.15) is 0 Å². The molecule has 3 heteroatoms. The Morgan fingerprint density at radius 3 is 2.53 bits per heavy atom. The van der Waals surface area contributed by atoms with Crippen molar-refractivity contribution >= 4 is 22.4 Å². The molecular formula is C14H14ClNO. The summed E-state index contributed by atoms with van der Waals surface area (Å²) in [5, 5.41) is 12.8. The molecule has 1 aliphatic rings. The average Bonchev–Trinajstić information content (AvgIpc) is 2.26. The minimum atomic E-state index is -0.347. The van der Waals surface area contributed by atoms with E-state index in [9.17, 15) is 5.11 Å². The van der Waals surface area contributed by atoms with E-state index in [4.69, 9.17) is 17.3 Å². The molecule has 0 amide bonds. The zero-order valence-electron chi connectivity index (χ0n) is 9.41. The third-order valence-electron chi connectivity index (χ3n) is 3.70. The highest BCUT2D eigenvalue weighted by atomic mass is 35.5. The molecule has 0 bridgehead atoms. The van der Waals surface area contributed by atoms with Crippen LogP contribution in [0.15, 0.2) is 30.3 Å². The summed E-state index contributed by atoms with van der Waals surface area (Å²) in [5.41, 5.74) is 6.76. The number of phenolic OH excluding ortho intramolecular Hbond substituents is 1. The smallest absolute Gasteiger partial charge is 0.121 e. The van der Waals surface area contributed by atoms with Gasteiger partial charge in [-0.1, -0.05) is 17.7 Å². The van der Waals surface area contributed by atoms with Gasteiger partial charge in [-0.25, -0.2) is 0 Å². The first kappa shape index (κ1) is 10.9. The molecule has 1 aliphatic carbocycles. The first-order chi connectivity index (χ1) is 8.08. The van der Waals surface area contributed by atoms with Crippen molar-refractivity contribution in [3.63, 3.8) is 0 Å². The van der Waals surface area contributed by atoms with Gasteiger partial charge in [0.25, 0.3) is 0 Å². The summed E-state index contributed by atoms with van der Waals surface area (Å²) in [7, 11) is 0. The lowest BCUT2D eigenvalue weighted by atomic mass is 9.72. The van der Waals surface area contributed by atoms with Gasteiger partial charge in [0, 0.05) is 16.1 Å². The number of rotatable bonds is 1. The van der Waals surface area contributed by atoms with E-state index < -0.39 is 0 Å². The number of aromatic hydroxyl groups is 1. The molecule has 2 aromatic rings. The normalized spacial score (nSPS) is 18.0. The molecule has 0 atom stereocenters. The first-order valence-corrected chi connectivity index (χ1v) is 6.18. The van der Waals surface area contributed by atoms with Gasteiger partial charge in [-0.3, -0.25) is 0 Å². The van der Waals surface area contributed by atoms with Gasteiger partial charge >= 0.3 is 0 Å². The summed E-state index contributed by atoms with van der Waals surface area (Å²) in [6.45, 7) is 0. The second-order valence-corrected chi connectivity index (χ2v) is 5.31. The summed E-state index contributed by atoms with van der Waals surface area (Å²) in [6, 6.07) is 9.38. The van der Waals surface area contributed by atoms with Crippen LogP contribution in [0, 0.1) is 0 Å². The highest BCUT2D eigenvalue weighted by Crippen LogP contribution is 2.43. The molecule has 0 unspecified atom stereocenters. The van der Waals surface area contributed by atoms with Crippen LogP contribution in [0.2, 0.25) is 5.02 Å². The number of hydrogen-bond donors (Lipinski definition) is 2. The molecular weight excluding hydrogens is 234 g/mol. The van der Waals surface area contributed by atoms with E-state index in [-0.39, 0.29) is 5.54 Å². The van der Waals surface area contributed by atoms with Gasteiger partial charge in [0.1, 0.15) is 5.75 Å². The molecule has 3 N–H and O–H groups in total. The third-order valence-corrected chi connectivity index (χ3v) is 3.93. The average molecular weight is 248 g/mol. The topological polar surface area (TPSA) is 46.2 Å². The fourth-order valence-electron chi connectivity index (χ4n) is 2.48. The number of fused-ring (bicyclic) bond motifs is 1. The van der Waals surface area contributed by atoms with Gasteiger partial charge in [-0.15, -0.1) is 0 Å². The Hall–Kier alpha value is -1.25. The van der Waals surface area contributed by atoms with Crippen LogP contribution >= 0.6 is 11.6 Å². The molecule has 0 spiro atoms. The van der Waals surface area contributed by atoms with Crippen molar-refractivity contribution in [3.05, 3.63) is 40.9 Å². The SMILES string of the molecule is NC1(c2cc3cc(Cl)ccc3cc2O)CCC1. The maximum absolute atomic E-state index is 10.1. The largest absolute Gasteiger partial charge is 0.508 e. The third kappa shape index (κ3) is 1.68. The number of benzene rings is 2. The quantitative estimate of drug-likeness (QED) is 0.810. The number of nitrogens with two attached hydrogens (primary N) is 1. The minimum absolute atomic E-state index is 0.294. The van der Waals surface area contributed by atoms with Gasteiger partial charge in [0.05, 0.1) is 0 Å². The van der Waals surface area contributed by atoms with E-state index in [2.05, 4.69) is 0 Å². The summed E-state index contributed by atoms with van der Waals surface area (Å²) in [4.78, 5) is 0. The van der Waals surface area contributed by atoms with Crippen LogP contribution in [-0.2, 0) is 5.54 Å². The Balaban J connectivity index is 2.22. The maximum atomic E-state index is 10.1. The monoisotopic (exact) mass is 247 g/mol. The Morgan fingerprint density at radius 1 is 1.12 bits per heavy atom. The van der Waals surface area contributed by atoms with Crippen LogP contribution in [0.1, 0.15) is 24.8 Å². The van der Waals surface area contributed by atoms with Crippen LogP contribution in [0.4, 0.5) is 0 Å². The highest BCUT2D eigenvalue weighted by Gasteiger charge is 2.36. The molecule has 2 nitrogen and oxygen atoms in total. The van der Waals surface area contributed by atoms with E-state index in [0.717, 1.165) is 35.6 Å². The Labute approximate surface area is 105 Å². The number of hydrogen-bond acceptors (Lipinski definition) is 2. The van der Waals surface area contributed by atoms with E-state index in [0.29, 0.717) is 10.8 Å². The molecule has 0 aromatic heterocycles. The molecule has 88 valence electrons. The van der Waals surface area contributed by atoms with Crippen molar-refractivity contribution in [2.45, 2.75) is 24.8 Å². The summed E-state index contributed by atoms with van der Waals surface area (Å²) >= 11 is 5.98. The highest BCUT2D eigenvalue weighted by molar-refractivity contribution is 6.31. The maximum Gasteiger partial charge on any atom is 0.121 e. The molecule has 0 radical (unpaired) electrons.